The molecule has 16 heavy (non-hydrogen) atoms. The first-order valence-corrected chi connectivity index (χ1v) is 5.10. The standard InChI is InChI=1S/C12H14F3N/c1-2-3-4-5-16-8-9-6-11(14)12(15)7-10(9)13/h2-3,6-7,16H,4-5,8H2,1H3/b3-2+. The molecular weight excluding hydrogens is 215 g/mol. The Hall–Kier alpha value is -1.29. The second-order valence-electron chi connectivity index (χ2n) is 3.39. The molecule has 0 saturated carbocycles. The molecule has 0 aromatic heterocycles. The van der Waals surface area contributed by atoms with Crippen molar-refractivity contribution in [3.8, 4) is 0 Å². The summed E-state index contributed by atoms with van der Waals surface area (Å²) in [6.45, 7) is 2.78. The van der Waals surface area contributed by atoms with Crippen molar-refractivity contribution < 1.29 is 13.2 Å². The fourth-order valence-corrected chi connectivity index (χ4v) is 1.27. The predicted octanol–water partition coefficient (Wildman–Crippen LogP) is 3.16. The number of nitrogens with one attached hydrogen (secondary N) is 1. The molecule has 0 bridgehead atoms. The minimum absolute atomic E-state index is 0.138. The van der Waals surface area contributed by atoms with Gasteiger partial charge in [-0.3, -0.25) is 0 Å². The van der Waals surface area contributed by atoms with Gasteiger partial charge in [-0.15, -0.1) is 0 Å². The van der Waals surface area contributed by atoms with Gasteiger partial charge in [-0.1, -0.05) is 12.2 Å². The molecule has 4 heteroatoms. The highest BCUT2D eigenvalue weighted by molar-refractivity contribution is 5.19. The SMILES string of the molecule is C/C=C/CCNCc1cc(F)c(F)cc1F. The summed E-state index contributed by atoms with van der Waals surface area (Å²) in [4.78, 5) is 0. The maximum atomic E-state index is 13.1. The zero-order valence-electron chi connectivity index (χ0n) is 9.06. The summed E-state index contributed by atoms with van der Waals surface area (Å²) in [7, 11) is 0. The number of halogens is 3. The lowest BCUT2D eigenvalue weighted by atomic mass is 10.2. The molecule has 0 aliphatic heterocycles. The first-order valence-electron chi connectivity index (χ1n) is 5.10. The normalized spacial score (nSPS) is 11.2. The number of hydrogen-bond acceptors (Lipinski definition) is 1. The van der Waals surface area contributed by atoms with E-state index in [4.69, 9.17) is 0 Å². The maximum Gasteiger partial charge on any atom is 0.161 e. The summed E-state index contributed by atoms with van der Waals surface area (Å²) in [5.41, 5.74) is 0.138. The maximum absolute atomic E-state index is 13.1. The Balaban J connectivity index is 2.51. The molecule has 0 spiro atoms. The highest BCUT2D eigenvalue weighted by Gasteiger charge is 2.08. The van der Waals surface area contributed by atoms with Crippen LogP contribution in [0.1, 0.15) is 18.9 Å². The van der Waals surface area contributed by atoms with E-state index < -0.39 is 17.5 Å². The first-order chi connectivity index (χ1) is 7.65. The van der Waals surface area contributed by atoms with Crippen molar-refractivity contribution in [2.75, 3.05) is 6.54 Å². The van der Waals surface area contributed by atoms with Crippen LogP contribution >= 0.6 is 0 Å². The van der Waals surface area contributed by atoms with E-state index in [0.717, 1.165) is 12.5 Å². The Morgan fingerprint density at radius 3 is 2.50 bits per heavy atom. The molecule has 0 radical (unpaired) electrons. The highest BCUT2D eigenvalue weighted by Crippen LogP contribution is 2.13. The molecule has 0 aliphatic carbocycles. The van der Waals surface area contributed by atoms with Gasteiger partial charge in [-0.2, -0.15) is 0 Å². The quantitative estimate of drug-likeness (QED) is 0.464. The van der Waals surface area contributed by atoms with Crippen molar-refractivity contribution >= 4 is 0 Å². The number of rotatable bonds is 5. The van der Waals surface area contributed by atoms with Gasteiger partial charge >= 0.3 is 0 Å². The smallest absolute Gasteiger partial charge is 0.161 e. The molecule has 1 nitrogen and oxygen atoms in total. The summed E-state index contributed by atoms with van der Waals surface area (Å²) in [5.74, 6) is -2.90. The van der Waals surface area contributed by atoms with Crippen LogP contribution in [-0.2, 0) is 6.54 Å². The molecule has 1 rings (SSSR count). The Morgan fingerprint density at radius 2 is 1.81 bits per heavy atom. The third-order valence-corrected chi connectivity index (χ3v) is 2.13. The van der Waals surface area contributed by atoms with E-state index in [1.807, 2.05) is 19.1 Å². The third kappa shape index (κ3) is 3.70. The van der Waals surface area contributed by atoms with Crippen molar-refractivity contribution in [2.45, 2.75) is 19.9 Å². The van der Waals surface area contributed by atoms with Crippen LogP contribution in [0.5, 0.6) is 0 Å². The molecule has 0 unspecified atom stereocenters. The fraction of sp³-hybridized carbons (Fsp3) is 0.333. The predicted molar refractivity (Wildman–Crippen MR) is 57.5 cm³/mol. The Kier molecular flexibility index (Phi) is 5.05. The minimum atomic E-state index is -1.16. The van der Waals surface area contributed by atoms with Gasteiger partial charge < -0.3 is 5.32 Å². The van der Waals surface area contributed by atoms with Crippen molar-refractivity contribution in [3.63, 3.8) is 0 Å². The van der Waals surface area contributed by atoms with Crippen LogP contribution in [0.2, 0.25) is 0 Å². The minimum Gasteiger partial charge on any atom is -0.312 e. The summed E-state index contributed by atoms with van der Waals surface area (Å²) in [6.07, 6.45) is 4.70. The van der Waals surface area contributed by atoms with Crippen LogP contribution in [0, 0.1) is 17.5 Å². The van der Waals surface area contributed by atoms with E-state index in [2.05, 4.69) is 5.32 Å². The zero-order valence-corrected chi connectivity index (χ0v) is 9.06. The summed E-state index contributed by atoms with van der Waals surface area (Å²) in [6, 6.07) is 1.45. The zero-order chi connectivity index (χ0) is 12.0. The molecule has 1 aromatic carbocycles. The summed E-state index contributed by atoms with van der Waals surface area (Å²) in [5, 5.41) is 2.94. The lowest BCUT2D eigenvalue weighted by molar-refractivity contribution is 0.487. The topological polar surface area (TPSA) is 12.0 Å². The van der Waals surface area contributed by atoms with Crippen molar-refractivity contribution in [1.29, 1.82) is 0 Å². The van der Waals surface area contributed by atoms with Gasteiger partial charge in [0.2, 0.25) is 0 Å². The molecule has 0 atom stereocenters. The average Bonchev–Trinajstić information content (AvgIpc) is 2.25. The third-order valence-electron chi connectivity index (χ3n) is 2.13. The van der Waals surface area contributed by atoms with Gasteiger partial charge in [0, 0.05) is 18.2 Å². The van der Waals surface area contributed by atoms with Gasteiger partial charge in [0.05, 0.1) is 0 Å². The van der Waals surface area contributed by atoms with Crippen molar-refractivity contribution in [1.82, 2.24) is 5.32 Å². The summed E-state index contributed by atoms with van der Waals surface area (Å²) < 4.78 is 38.6. The van der Waals surface area contributed by atoms with Gasteiger partial charge in [0.25, 0.3) is 0 Å². The average molecular weight is 229 g/mol. The first kappa shape index (κ1) is 12.8. The molecular formula is C12H14F3N. The molecule has 0 fully saturated rings. The van der Waals surface area contributed by atoms with Crippen LogP contribution in [0.15, 0.2) is 24.3 Å². The number of allylic oxidation sites excluding steroid dienone is 1. The fourth-order valence-electron chi connectivity index (χ4n) is 1.27. The number of hydrogen-bond donors (Lipinski definition) is 1. The van der Waals surface area contributed by atoms with Crippen molar-refractivity contribution in [2.24, 2.45) is 0 Å². The van der Waals surface area contributed by atoms with E-state index >= 15 is 0 Å². The second kappa shape index (κ2) is 6.33. The van der Waals surface area contributed by atoms with Crippen LogP contribution in [0.4, 0.5) is 13.2 Å². The second-order valence-corrected chi connectivity index (χ2v) is 3.39. The Morgan fingerprint density at radius 1 is 1.12 bits per heavy atom. The molecule has 0 aliphatic rings. The van der Waals surface area contributed by atoms with E-state index in [0.29, 0.717) is 12.6 Å². The lowest BCUT2D eigenvalue weighted by Gasteiger charge is -2.05. The van der Waals surface area contributed by atoms with E-state index in [9.17, 15) is 13.2 Å². The van der Waals surface area contributed by atoms with E-state index in [-0.39, 0.29) is 12.1 Å². The van der Waals surface area contributed by atoms with Crippen LogP contribution < -0.4 is 5.32 Å². The van der Waals surface area contributed by atoms with E-state index in [1.165, 1.54) is 0 Å². The monoisotopic (exact) mass is 229 g/mol. The van der Waals surface area contributed by atoms with Gasteiger partial charge in [0.1, 0.15) is 5.82 Å². The largest absolute Gasteiger partial charge is 0.312 e. The van der Waals surface area contributed by atoms with Crippen LogP contribution in [0.25, 0.3) is 0 Å². The molecule has 0 amide bonds. The van der Waals surface area contributed by atoms with Crippen molar-refractivity contribution in [3.05, 3.63) is 47.3 Å². The Labute approximate surface area is 93.0 Å². The molecule has 0 heterocycles. The Bertz CT molecular complexity index is 375. The molecule has 1 N–H and O–H groups in total. The number of benzene rings is 1. The lowest BCUT2D eigenvalue weighted by Crippen LogP contribution is -2.15. The molecule has 0 saturated heterocycles. The van der Waals surface area contributed by atoms with Gasteiger partial charge in [0.15, 0.2) is 11.6 Å². The van der Waals surface area contributed by atoms with Gasteiger partial charge in [-0.05, 0) is 26.0 Å². The van der Waals surface area contributed by atoms with E-state index in [1.54, 1.807) is 0 Å². The molecule has 88 valence electrons. The van der Waals surface area contributed by atoms with Gasteiger partial charge in [-0.25, -0.2) is 13.2 Å². The van der Waals surface area contributed by atoms with Crippen LogP contribution in [-0.4, -0.2) is 6.54 Å². The highest BCUT2D eigenvalue weighted by atomic mass is 19.2. The molecule has 1 aromatic rings. The summed E-state index contributed by atoms with van der Waals surface area (Å²) >= 11 is 0. The van der Waals surface area contributed by atoms with Crippen LogP contribution in [0.3, 0.4) is 0 Å².